The van der Waals surface area contributed by atoms with Gasteiger partial charge in [-0.2, -0.15) is 0 Å². The molecule has 4 atom stereocenters. The predicted octanol–water partition coefficient (Wildman–Crippen LogP) is -5.32. The molecule has 0 saturated carbocycles. The lowest BCUT2D eigenvalue weighted by Gasteiger charge is -2.25. The van der Waals surface area contributed by atoms with E-state index in [1.807, 2.05) is 0 Å². The minimum Gasteiger partial charge on any atom is -0.387 e. The Balaban J connectivity index is 3.90. The SMILES string of the molecule is NCCOCCOCCOCCNC(=O)[C@@H](O)[C@H](O)[C@H](O)[C@@H](O)C(=O)NCCOCCOCCOCCN. The van der Waals surface area contributed by atoms with Crippen molar-refractivity contribution in [2.24, 2.45) is 11.5 Å². The molecule has 0 heterocycles. The number of aliphatic hydroxyl groups excluding tert-OH is 4. The first-order valence-electron chi connectivity index (χ1n) is 12.5. The van der Waals surface area contributed by atoms with Gasteiger partial charge in [-0.3, -0.25) is 9.59 Å². The van der Waals surface area contributed by atoms with Gasteiger partial charge in [0.15, 0.2) is 12.2 Å². The van der Waals surface area contributed by atoms with E-state index in [2.05, 4.69) is 10.6 Å². The van der Waals surface area contributed by atoms with Crippen LogP contribution in [0.1, 0.15) is 0 Å². The lowest BCUT2D eigenvalue weighted by Crippen LogP contribution is -2.54. The Kier molecular flexibility index (Phi) is 24.7. The molecule has 0 bridgehead atoms. The first-order valence-corrected chi connectivity index (χ1v) is 12.5. The van der Waals surface area contributed by atoms with E-state index in [0.717, 1.165) is 0 Å². The van der Waals surface area contributed by atoms with Crippen LogP contribution in [0.25, 0.3) is 0 Å². The Labute approximate surface area is 222 Å². The Morgan fingerprint density at radius 1 is 0.500 bits per heavy atom. The highest BCUT2D eigenvalue weighted by molar-refractivity contribution is 5.83. The second-order valence-corrected chi connectivity index (χ2v) is 7.70. The first-order chi connectivity index (χ1) is 18.4. The van der Waals surface area contributed by atoms with E-state index in [4.69, 9.17) is 39.9 Å². The summed E-state index contributed by atoms with van der Waals surface area (Å²) in [6.45, 7) is 4.84. The van der Waals surface area contributed by atoms with E-state index in [1.165, 1.54) is 0 Å². The van der Waals surface area contributed by atoms with Gasteiger partial charge in [0.2, 0.25) is 0 Å². The molecule has 0 saturated heterocycles. The molecule has 0 radical (unpaired) electrons. The molecule has 0 aliphatic carbocycles. The van der Waals surface area contributed by atoms with Crippen molar-refractivity contribution in [2.75, 3.05) is 105 Å². The van der Waals surface area contributed by atoms with Gasteiger partial charge in [0, 0.05) is 26.2 Å². The quantitative estimate of drug-likeness (QED) is 0.0439. The molecule has 0 spiro atoms. The van der Waals surface area contributed by atoms with Gasteiger partial charge in [-0.25, -0.2) is 0 Å². The molecule has 0 aromatic carbocycles. The number of hydrogen-bond acceptors (Lipinski definition) is 14. The van der Waals surface area contributed by atoms with Crippen LogP contribution in [0.5, 0.6) is 0 Å². The maximum atomic E-state index is 12.0. The van der Waals surface area contributed by atoms with Crippen LogP contribution in [0, 0.1) is 0 Å². The normalized spacial score (nSPS) is 14.6. The smallest absolute Gasteiger partial charge is 0.251 e. The molecule has 0 aliphatic rings. The summed E-state index contributed by atoms with van der Waals surface area (Å²) in [6, 6.07) is 0. The van der Waals surface area contributed by atoms with Crippen molar-refractivity contribution >= 4 is 11.8 Å². The largest absolute Gasteiger partial charge is 0.387 e. The Morgan fingerprint density at radius 3 is 1.05 bits per heavy atom. The van der Waals surface area contributed by atoms with Crippen molar-refractivity contribution in [3.8, 4) is 0 Å². The van der Waals surface area contributed by atoms with E-state index in [-0.39, 0.29) is 39.5 Å². The number of rotatable bonds is 27. The number of aliphatic hydroxyl groups is 4. The Bertz CT molecular complexity index is 530. The predicted molar refractivity (Wildman–Crippen MR) is 133 cm³/mol. The monoisotopic (exact) mass is 558 g/mol. The van der Waals surface area contributed by atoms with Crippen molar-refractivity contribution in [3.63, 3.8) is 0 Å². The lowest BCUT2D eigenvalue weighted by molar-refractivity contribution is -0.155. The molecule has 2 amide bonds. The van der Waals surface area contributed by atoms with Crippen LogP contribution in [0.4, 0.5) is 0 Å². The molecule has 0 aromatic rings. The van der Waals surface area contributed by atoms with E-state index in [9.17, 15) is 30.0 Å². The number of carbonyl (C=O) groups is 2. The van der Waals surface area contributed by atoms with Crippen LogP contribution in [-0.2, 0) is 38.0 Å². The number of ether oxygens (including phenoxy) is 6. The summed E-state index contributed by atoms with van der Waals surface area (Å²) in [6.07, 6.45) is -8.41. The number of carbonyl (C=O) groups excluding carboxylic acids is 2. The van der Waals surface area contributed by atoms with Crippen LogP contribution < -0.4 is 22.1 Å². The highest BCUT2D eigenvalue weighted by atomic mass is 16.5. The Hall–Kier alpha value is -1.54. The fourth-order valence-electron chi connectivity index (χ4n) is 2.64. The summed E-state index contributed by atoms with van der Waals surface area (Å²) in [5.41, 5.74) is 10.6. The summed E-state index contributed by atoms with van der Waals surface area (Å²) in [5, 5.41) is 44.5. The van der Waals surface area contributed by atoms with Gasteiger partial charge in [0.1, 0.15) is 12.2 Å². The zero-order valence-electron chi connectivity index (χ0n) is 21.8. The first kappa shape index (κ1) is 36.5. The standard InChI is InChI=1S/C22H46N4O12/c23-1-5-33-9-13-37-15-11-35-7-3-25-21(31)19(29)17(27)18(28)20(30)22(32)26-4-8-36-12-16-38-14-10-34-6-2-24/h17-20,27-30H,1-16,23-24H2,(H,25,31)(H,26,32)/t17-,18+,19+,20-. The van der Waals surface area contributed by atoms with Gasteiger partial charge in [0.25, 0.3) is 11.8 Å². The van der Waals surface area contributed by atoms with Crippen molar-refractivity contribution in [1.82, 2.24) is 10.6 Å². The number of amides is 2. The van der Waals surface area contributed by atoms with Gasteiger partial charge in [0.05, 0.1) is 79.3 Å². The molecule has 0 aromatic heterocycles. The highest BCUT2D eigenvalue weighted by Gasteiger charge is 2.37. The summed E-state index contributed by atoms with van der Waals surface area (Å²) in [5.74, 6) is -2.02. The second kappa shape index (κ2) is 25.7. The third-order valence-electron chi connectivity index (χ3n) is 4.64. The zero-order chi connectivity index (χ0) is 28.4. The summed E-state index contributed by atoms with van der Waals surface area (Å²) >= 11 is 0. The van der Waals surface area contributed by atoms with Crippen LogP contribution in [0.2, 0.25) is 0 Å². The number of nitrogens with two attached hydrogens (primary N) is 2. The molecule has 38 heavy (non-hydrogen) atoms. The minimum absolute atomic E-state index is 0.00840. The molecule has 0 aliphatic heterocycles. The molecule has 16 heteroatoms. The van der Waals surface area contributed by atoms with Gasteiger partial charge in [-0.1, -0.05) is 0 Å². The molecular formula is C22H46N4O12. The van der Waals surface area contributed by atoms with Crippen LogP contribution >= 0.6 is 0 Å². The van der Waals surface area contributed by atoms with Gasteiger partial charge < -0.3 is 70.9 Å². The molecule has 0 unspecified atom stereocenters. The zero-order valence-corrected chi connectivity index (χ0v) is 21.8. The van der Waals surface area contributed by atoms with Crippen molar-refractivity contribution < 1.29 is 58.4 Å². The molecule has 226 valence electrons. The Morgan fingerprint density at radius 2 is 0.763 bits per heavy atom. The topological polar surface area (TPSA) is 247 Å². The average Bonchev–Trinajstić information content (AvgIpc) is 2.92. The fraction of sp³-hybridized carbons (Fsp3) is 0.909. The van der Waals surface area contributed by atoms with Crippen LogP contribution in [-0.4, -0.2) is 162 Å². The third kappa shape index (κ3) is 19.5. The van der Waals surface area contributed by atoms with Crippen molar-refractivity contribution in [1.29, 1.82) is 0 Å². The van der Waals surface area contributed by atoms with Crippen molar-refractivity contribution in [2.45, 2.75) is 24.4 Å². The molecule has 16 nitrogen and oxygen atoms in total. The second-order valence-electron chi connectivity index (χ2n) is 7.70. The average molecular weight is 559 g/mol. The molecular weight excluding hydrogens is 512 g/mol. The van der Waals surface area contributed by atoms with E-state index in [1.54, 1.807) is 0 Å². The molecule has 0 fully saturated rings. The number of hydrogen-bond donors (Lipinski definition) is 8. The van der Waals surface area contributed by atoms with Gasteiger partial charge >= 0.3 is 0 Å². The van der Waals surface area contributed by atoms with Gasteiger partial charge in [-0.05, 0) is 0 Å². The summed E-state index contributed by atoms with van der Waals surface area (Å²) in [4.78, 5) is 23.9. The highest BCUT2D eigenvalue weighted by Crippen LogP contribution is 2.06. The van der Waals surface area contributed by atoms with Gasteiger partial charge in [-0.15, -0.1) is 0 Å². The van der Waals surface area contributed by atoms with E-state index < -0.39 is 36.2 Å². The van der Waals surface area contributed by atoms with Crippen LogP contribution in [0.3, 0.4) is 0 Å². The fourth-order valence-corrected chi connectivity index (χ4v) is 2.64. The summed E-state index contributed by atoms with van der Waals surface area (Å²) < 4.78 is 31.3. The lowest BCUT2D eigenvalue weighted by atomic mass is 10.0. The third-order valence-corrected chi connectivity index (χ3v) is 4.64. The van der Waals surface area contributed by atoms with E-state index >= 15 is 0 Å². The van der Waals surface area contributed by atoms with E-state index in [0.29, 0.717) is 65.9 Å². The molecule has 10 N–H and O–H groups in total. The summed E-state index contributed by atoms with van der Waals surface area (Å²) in [7, 11) is 0. The van der Waals surface area contributed by atoms with Crippen molar-refractivity contribution in [3.05, 3.63) is 0 Å². The minimum atomic E-state index is -2.12. The maximum Gasteiger partial charge on any atom is 0.251 e. The van der Waals surface area contributed by atoms with Crippen LogP contribution in [0.15, 0.2) is 0 Å². The number of nitrogens with one attached hydrogen (secondary N) is 2. The molecule has 0 rings (SSSR count). The maximum absolute atomic E-state index is 12.0.